The van der Waals surface area contributed by atoms with Gasteiger partial charge in [0, 0.05) is 12.5 Å². The number of esters is 2. The van der Waals surface area contributed by atoms with Crippen LogP contribution in [0.2, 0.25) is 0 Å². The zero-order valence-electron chi connectivity index (χ0n) is 12.7. The van der Waals surface area contributed by atoms with Crippen LogP contribution >= 0.6 is 0 Å². The molecule has 23 heavy (non-hydrogen) atoms. The normalized spacial score (nSPS) is 13.0. The Hall–Kier alpha value is -2.91. The summed E-state index contributed by atoms with van der Waals surface area (Å²) in [5, 5.41) is 0. The summed E-state index contributed by atoms with van der Waals surface area (Å²) in [5.41, 5.74) is -2.41. The minimum atomic E-state index is -0.802. The Morgan fingerprint density at radius 2 is 1.57 bits per heavy atom. The fourth-order valence-corrected chi connectivity index (χ4v) is 1.29. The molecule has 0 atom stereocenters. The van der Waals surface area contributed by atoms with Gasteiger partial charge in [-0.2, -0.15) is 0 Å². The second-order valence-corrected chi connectivity index (χ2v) is 4.12. The molecule has 0 bridgehead atoms. The monoisotopic (exact) mass is 329 g/mol. The molecule has 3 N–H and O–H groups in total. The summed E-state index contributed by atoms with van der Waals surface area (Å²) >= 11 is 0. The van der Waals surface area contributed by atoms with Gasteiger partial charge in [0.15, 0.2) is 0 Å². The predicted molar refractivity (Wildman–Crippen MR) is 79.9 cm³/mol. The van der Waals surface area contributed by atoms with E-state index in [1.165, 1.54) is 7.11 Å². The Morgan fingerprint density at radius 3 is 1.96 bits per heavy atom. The first-order valence-corrected chi connectivity index (χ1v) is 6.68. The van der Waals surface area contributed by atoms with Crippen molar-refractivity contribution in [2.24, 2.45) is 0 Å². The second kappa shape index (κ2) is 11.7. The fraction of sp³-hybridized carbons (Fsp3) is 0.462. The first-order valence-electron chi connectivity index (χ1n) is 6.68. The van der Waals surface area contributed by atoms with Gasteiger partial charge in [-0.1, -0.05) is 6.58 Å². The summed E-state index contributed by atoms with van der Waals surface area (Å²) in [5.74, 6) is -0.419. The van der Waals surface area contributed by atoms with Gasteiger partial charge in [-0.3, -0.25) is 19.7 Å². The fourth-order valence-electron chi connectivity index (χ4n) is 1.29. The largest absolute Gasteiger partial charge is 0.466 e. The maximum absolute atomic E-state index is 10.5. The molecule has 0 unspecified atom stereocenters. The van der Waals surface area contributed by atoms with Crippen molar-refractivity contribution in [3.05, 3.63) is 44.1 Å². The highest BCUT2D eigenvalue weighted by Crippen LogP contribution is 2.06. The number of H-pyrrole nitrogens is 3. The van der Waals surface area contributed by atoms with Gasteiger partial charge in [0.1, 0.15) is 0 Å². The Labute approximate surface area is 130 Å². The van der Waals surface area contributed by atoms with Gasteiger partial charge in [-0.05, 0) is 19.3 Å². The number of carbonyl (C=O) groups excluding carboxylic acids is 2. The second-order valence-electron chi connectivity index (χ2n) is 4.12. The van der Waals surface area contributed by atoms with Crippen LogP contribution in [0.1, 0.15) is 25.7 Å². The van der Waals surface area contributed by atoms with Crippen LogP contribution in [0.4, 0.5) is 0 Å². The summed E-state index contributed by atoms with van der Waals surface area (Å²) in [6.45, 7) is 3.79. The number of ether oxygens (including phenoxy) is 2. The molecule has 0 aliphatic carbocycles. The summed E-state index contributed by atoms with van der Waals surface area (Å²) < 4.78 is 8.91. The number of aromatic nitrogens is 3. The Morgan fingerprint density at radius 1 is 1.04 bits per heavy atom. The van der Waals surface area contributed by atoms with Gasteiger partial charge in [0.05, 0.1) is 13.7 Å². The lowest BCUT2D eigenvalue weighted by atomic mass is 10.2. The Balaban J connectivity index is 0.000000323. The van der Waals surface area contributed by atoms with Gasteiger partial charge in [-0.25, -0.2) is 19.2 Å². The standard InChI is InChI=1S/C6H10O2.C4H6O2.C3H3N3O3/c7-6-4-2-1-3-5-8-6;1-3-4(5)6-2;7-1-4-2(8)6-3(9)5-1/h1-5H2;3H,1H2,2H3;(H3,4,5,6,7,8,9). The van der Waals surface area contributed by atoms with E-state index < -0.39 is 23.0 Å². The van der Waals surface area contributed by atoms with E-state index in [0.717, 1.165) is 25.3 Å². The van der Waals surface area contributed by atoms with Crippen molar-refractivity contribution in [2.45, 2.75) is 25.7 Å². The molecule has 1 aromatic rings. The maximum atomic E-state index is 10.5. The van der Waals surface area contributed by atoms with E-state index in [1.54, 1.807) is 15.0 Å². The van der Waals surface area contributed by atoms with Crippen LogP contribution in [0.3, 0.4) is 0 Å². The van der Waals surface area contributed by atoms with Crippen LogP contribution in [0.15, 0.2) is 27.0 Å². The molecule has 1 aliphatic rings. The van der Waals surface area contributed by atoms with E-state index in [4.69, 9.17) is 4.74 Å². The van der Waals surface area contributed by atoms with Crippen LogP contribution in [0, 0.1) is 0 Å². The van der Waals surface area contributed by atoms with E-state index in [1.807, 2.05) is 0 Å². The number of hydrogen-bond donors (Lipinski definition) is 3. The highest BCUT2D eigenvalue weighted by Gasteiger charge is 2.05. The number of aromatic amines is 3. The number of methoxy groups -OCH3 is 1. The van der Waals surface area contributed by atoms with E-state index in [-0.39, 0.29) is 5.97 Å². The molecule has 1 fully saturated rings. The third-order valence-electron chi connectivity index (χ3n) is 2.34. The van der Waals surface area contributed by atoms with Crippen LogP contribution < -0.4 is 17.1 Å². The van der Waals surface area contributed by atoms with Gasteiger partial charge in [0.2, 0.25) is 0 Å². The molecule has 2 heterocycles. The van der Waals surface area contributed by atoms with Crippen LogP contribution in [0.25, 0.3) is 0 Å². The minimum absolute atomic E-state index is 0.0255. The minimum Gasteiger partial charge on any atom is -0.466 e. The van der Waals surface area contributed by atoms with Crippen molar-refractivity contribution >= 4 is 11.9 Å². The van der Waals surface area contributed by atoms with Crippen molar-refractivity contribution in [1.82, 2.24) is 15.0 Å². The molecule has 1 aliphatic heterocycles. The zero-order chi connectivity index (χ0) is 17.7. The summed E-state index contributed by atoms with van der Waals surface area (Å²) in [4.78, 5) is 56.2. The number of cyclic esters (lactones) is 1. The van der Waals surface area contributed by atoms with Gasteiger partial charge < -0.3 is 9.47 Å². The molecule has 0 radical (unpaired) electrons. The highest BCUT2D eigenvalue weighted by atomic mass is 16.5. The van der Waals surface area contributed by atoms with Crippen molar-refractivity contribution in [1.29, 1.82) is 0 Å². The molecule has 10 heteroatoms. The van der Waals surface area contributed by atoms with Crippen LogP contribution in [0.5, 0.6) is 0 Å². The molecule has 1 aromatic heterocycles. The lowest BCUT2D eigenvalue weighted by molar-refractivity contribution is -0.142. The maximum Gasteiger partial charge on any atom is 0.330 e. The average Bonchev–Trinajstić information content (AvgIpc) is 2.74. The SMILES string of the molecule is C=CC(=O)OC.O=C1CCCCCO1.O=c1[nH]c(=O)[nH]c(=O)[nH]1. The first-order chi connectivity index (χ1) is 10.9. The molecule has 2 rings (SSSR count). The molecular weight excluding hydrogens is 310 g/mol. The lowest BCUT2D eigenvalue weighted by Gasteiger charge is -1.93. The van der Waals surface area contributed by atoms with E-state index in [2.05, 4.69) is 11.3 Å². The molecule has 0 amide bonds. The predicted octanol–water partition coefficient (Wildman–Crippen LogP) is -0.799. The lowest BCUT2D eigenvalue weighted by Crippen LogP contribution is -2.34. The third kappa shape index (κ3) is 11.4. The molecule has 0 spiro atoms. The van der Waals surface area contributed by atoms with Crippen LogP contribution in [-0.4, -0.2) is 40.6 Å². The Bertz CT molecular complexity index is 582. The molecule has 128 valence electrons. The number of nitrogens with one attached hydrogen (secondary N) is 3. The van der Waals surface area contributed by atoms with Crippen molar-refractivity contribution in [3.63, 3.8) is 0 Å². The smallest absolute Gasteiger partial charge is 0.330 e. The zero-order valence-corrected chi connectivity index (χ0v) is 12.7. The molecule has 10 nitrogen and oxygen atoms in total. The molecule has 1 saturated heterocycles. The number of rotatable bonds is 1. The van der Waals surface area contributed by atoms with Gasteiger partial charge in [-0.15, -0.1) is 0 Å². The summed E-state index contributed by atoms with van der Waals surface area (Å²) in [6.07, 6.45) is 4.94. The molecule has 0 saturated carbocycles. The summed E-state index contributed by atoms with van der Waals surface area (Å²) in [7, 11) is 1.31. The van der Waals surface area contributed by atoms with Crippen molar-refractivity contribution in [3.8, 4) is 0 Å². The van der Waals surface area contributed by atoms with Crippen molar-refractivity contribution in [2.75, 3.05) is 13.7 Å². The quantitative estimate of drug-likeness (QED) is 0.450. The Kier molecular flexibility index (Phi) is 10.2. The third-order valence-corrected chi connectivity index (χ3v) is 2.34. The number of carbonyl (C=O) groups is 2. The number of hydrogen-bond acceptors (Lipinski definition) is 7. The van der Waals surface area contributed by atoms with Gasteiger partial charge >= 0.3 is 29.0 Å². The highest BCUT2D eigenvalue weighted by molar-refractivity contribution is 5.80. The van der Waals surface area contributed by atoms with Crippen molar-refractivity contribution < 1.29 is 19.1 Å². The molecular formula is C13H19N3O7. The van der Waals surface area contributed by atoms with Gasteiger partial charge in [0.25, 0.3) is 0 Å². The van der Waals surface area contributed by atoms with E-state index >= 15 is 0 Å². The van der Waals surface area contributed by atoms with E-state index in [9.17, 15) is 24.0 Å². The topological polar surface area (TPSA) is 151 Å². The van der Waals surface area contributed by atoms with Crippen LogP contribution in [-0.2, 0) is 19.1 Å². The molecule has 0 aromatic carbocycles. The average molecular weight is 329 g/mol. The van der Waals surface area contributed by atoms with E-state index in [0.29, 0.717) is 13.0 Å². The summed E-state index contributed by atoms with van der Waals surface area (Å²) in [6, 6.07) is 0. The first kappa shape index (κ1) is 20.1.